The van der Waals surface area contributed by atoms with Crippen LogP contribution in [0.5, 0.6) is 0 Å². The van der Waals surface area contributed by atoms with Gasteiger partial charge in [0.05, 0.1) is 6.54 Å². The van der Waals surface area contributed by atoms with Gasteiger partial charge in [-0.25, -0.2) is 0 Å². The minimum absolute atomic E-state index is 0.0137. The highest BCUT2D eigenvalue weighted by Crippen LogP contribution is 2.27. The molecule has 4 heteroatoms. The van der Waals surface area contributed by atoms with Crippen LogP contribution in [-0.4, -0.2) is 29.8 Å². The molecule has 1 saturated heterocycles. The van der Waals surface area contributed by atoms with Crippen molar-refractivity contribution in [1.29, 1.82) is 0 Å². The van der Waals surface area contributed by atoms with E-state index in [4.69, 9.17) is 0 Å². The fraction of sp³-hybridized carbons (Fsp3) is 0.529. The van der Waals surface area contributed by atoms with Gasteiger partial charge in [0, 0.05) is 6.54 Å². The molecule has 1 N–H and O–H groups in total. The van der Waals surface area contributed by atoms with Crippen LogP contribution in [0, 0.1) is 5.92 Å². The van der Waals surface area contributed by atoms with Crippen molar-refractivity contribution >= 4 is 11.8 Å². The first-order chi connectivity index (χ1) is 10.0. The van der Waals surface area contributed by atoms with E-state index in [0.29, 0.717) is 12.5 Å². The summed E-state index contributed by atoms with van der Waals surface area (Å²) in [5.41, 5.74) is -0.125. The third-order valence-corrected chi connectivity index (χ3v) is 4.42. The SMILES string of the molecule is CCC(CC)CN1CC(=O)NC(C)(c2ccccc2)C1=O. The highest BCUT2D eigenvalue weighted by atomic mass is 16.2. The molecule has 0 saturated carbocycles. The van der Waals surface area contributed by atoms with E-state index in [-0.39, 0.29) is 18.4 Å². The van der Waals surface area contributed by atoms with Crippen LogP contribution in [0.3, 0.4) is 0 Å². The van der Waals surface area contributed by atoms with Gasteiger partial charge < -0.3 is 10.2 Å². The average Bonchev–Trinajstić information content (AvgIpc) is 2.50. The summed E-state index contributed by atoms with van der Waals surface area (Å²) >= 11 is 0. The van der Waals surface area contributed by atoms with Crippen LogP contribution in [0.2, 0.25) is 0 Å². The number of rotatable bonds is 5. The number of piperazine rings is 1. The minimum Gasteiger partial charge on any atom is -0.337 e. The molecule has 1 heterocycles. The molecule has 0 spiro atoms. The van der Waals surface area contributed by atoms with E-state index in [2.05, 4.69) is 19.2 Å². The zero-order chi connectivity index (χ0) is 15.5. The number of amides is 2. The molecule has 114 valence electrons. The van der Waals surface area contributed by atoms with E-state index >= 15 is 0 Å². The van der Waals surface area contributed by atoms with Crippen molar-refractivity contribution in [1.82, 2.24) is 10.2 Å². The molecule has 1 aliphatic heterocycles. The van der Waals surface area contributed by atoms with Gasteiger partial charge in [-0.05, 0) is 18.4 Å². The van der Waals surface area contributed by atoms with Gasteiger partial charge in [-0.3, -0.25) is 9.59 Å². The van der Waals surface area contributed by atoms with Crippen molar-refractivity contribution in [2.24, 2.45) is 5.92 Å². The molecule has 0 aromatic heterocycles. The van der Waals surface area contributed by atoms with Crippen molar-refractivity contribution in [2.45, 2.75) is 39.2 Å². The molecule has 1 atom stereocenters. The second-order valence-electron chi connectivity index (χ2n) is 5.91. The maximum absolute atomic E-state index is 12.9. The largest absolute Gasteiger partial charge is 0.337 e. The first-order valence-electron chi connectivity index (χ1n) is 7.67. The van der Waals surface area contributed by atoms with Crippen LogP contribution in [-0.2, 0) is 15.1 Å². The Bertz CT molecular complexity index is 511. The summed E-state index contributed by atoms with van der Waals surface area (Å²) in [6.45, 7) is 6.86. The number of nitrogens with zero attached hydrogens (tertiary/aromatic N) is 1. The maximum Gasteiger partial charge on any atom is 0.253 e. The Kier molecular flexibility index (Phi) is 4.66. The Labute approximate surface area is 126 Å². The van der Waals surface area contributed by atoms with Gasteiger partial charge in [-0.1, -0.05) is 57.0 Å². The zero-order valence-corrected chi connectivity index (χ0v) is 13.1. The molecule has 2 amide bonds. The van der Waals surface area contributed by atoms with Crippen molar-refractivity contribution < 1.29 is 9.59 Å². The topological polar surface area (TPSA) is 49.4 Å². The molecular weight excluding hydrogens is 264 g/mol. The Balaban J connectivity index is 2.27. The quantitative estimate of drug-likeness (QED) is 0.904. The van der Waals surface area contributed by atoms with E-state index in [1.807, 2.05) is 30.3 Å². The highest BCUT2D eigenvalue weighted by Gasteiger charge is 2.44. The van der Waals surface area contributed by atoms with E-state index in [9.17, 15) is 9.59 Å². The fourth-order valence-corrected chi connectivity index (χ4v) is 2.91. The van der Waals surface area contributed by atoms with Crippen LogP contribution < -0.4 is 5.32 Å². The average molecular weight is 288 g/mol. The molecule has 0 bridgehead atoms. The maximum atomic E-state index is 12.9. The van der Waals surface area contributed by atoms with Crippen molar-refractivity contribution in [2.75, 3.05) is 13.1 Å². The van der Waals surface area contributed by atoms with Crippen LogP contribution in [0.1, 0.15) is 39.2 Å². The second kappa shape index (κ2) is 6.29. The summed E-state index contributed by atoms with van der Waals surface area (Å²) in [7, 11) is 0. The molecule has 0 aliphatic carbocycles. The summed E-state index contributed by atoms with van der Waals surface area (Å²) in [6.07, 6.45) is 2.04. The molecule has 21 heavy (non-hydrogen) atoms. The molecule has 2 rings (SSSR count). The minimum atomic E-state index is -0.956. The molecule has 1 unspecified atom stereocenters. The summed E-state index contributed by atoms with van der Waals surface area (Å²) in [5.74, 6) is 0.340. The third kappa shape index (κ3) is 3.09. The van der Waals surface area contributed by atoms with Crippen LogP contribution in [0.15, 0.2) is 30.3 Å². The second-order valence-corrected chi connectivity index (χ2v) is 5.91. The lowest BCUT2D eigenvalue weighted by Gasteiger charge is -2.41. The summed E-state index contributed by atoms with van der Waals surface area (Å²) in [5, 5.41) is 2.87. The number of carbonyl (C=O) groups is 2. The van der Waals surface area contributed by atoms with Gasteiger partial charge in [0.2, 0.25) is 5.91 Å². The molecule has 1 fully saturated rings. The van der Waals surface area contributed by atoms with E-state index in [1.54, 1.807) is 11.8 Å². The third-order valence-electron chi connectivity index (χ3n) is 4.42. The number of benzene rings is 1. The van der Waals surface area contributed by atoms with Gasteiger partial charge in [0.15, 0.2) is 0 Å². The monoisotopic (exact) mass is 288 g/mol. The lowest BCUT2D eigenvalue weighted by molar-refractivity contribution is -0.150. The number of hydrogen-bond donors (Lipinski definition) is 1. The molecule has 4 nitrogen and oxygen atoms in total. The van der Waals surface area contributed by atoms with E-state index < -0.39 is 5.54 Å². The summed E-state index contributed by atoms with van der Waals surface area (Å²) in [6, 6.07) is 9.46. The first-order valence-corrected chi connectivity index (χ1v) is 7.67. The van der Waals surface area contributed by atoms with Gasteiger partial charge in [0.25, 0.3) is 5.91 Å². The smallest absolute Gasteiger partial charge is 0.253 e. The molecular formula is C17H24N2O2. The van der Waals surface area contributed by atoms with Crippen molar-refractivity contribution in [3.8, 4) is 0 Å². The lowest BCUT2D eigenvalue weighted by Crippen LogP contribution is -2.63. The molecule has 1 aromatic rings. The summed E-state index contributed by atoms with van der Waals surface area (Å²) < 4.78 is 0. The Hall–Kier alpha value is -1.84. The summed E-state index contributed by atoms with van der Waals surface area (Å²) in [4.78, 5) is 26.6. The van der Waals surface area contributed by atoms with Gasteiger partial charge >= 0.3 is 0 Å². The predicted molar refractivity (Wildman–Crippen MR) is 82.6 cm³/mol. The standard InChI is InChI=1S/C17H24N2O2/c1-4-13(5-2)11-19-12-15(20)18-17(3,16(19)21)14-9-7-6-8-10-14/h6-10,13H,4-5,11-12H2,1-3H3,(H,18,20). The number of nitrogens with one attached hydrogen (secondary N) is 1. The van der Waals surface area contributed by atoms with Crippen molar-refractivity contribution in [3.05, 3.63) is 35.9 Å². The van der Waals surface area contributed by atoms with Gasteiger partial charge in [-0.2, -0.15) is 0 Å². The van der Waals surface area contributed by atoms with Crippen LogP contribution in [0.4, 0.5) is 0 Å². The highest BCUT2D eigenvalue weighted by molar-refractivity contribution is 5.98. The predicted octanol–water partition coefficient (Wildman–Crippen LogP) is 2.30. The first kappa shape index (κ1) is 15.5. The Morgan fingerprint density at radius 3 is 2.38 bits per heavy atom. The number of carbonyl (C=O) groups excluding carboxylic acids is 2. The van der Waals surface area contributed by atoms with Crippen molar-refractivity contribution in [3.63, 3.8) is 0 Å². The lowest BCUT2D eigenvalue weighted by atomic mass is 9.88. The van der Waals surface area contributed by atoms with E-state index in [0.717, 1.165) is 18.4 Å². The molecule has 1 aromatic carbocycles. The fourth-order valence-electron chi connectivity index (χ4n) is 2.91. The van der Waals surface area contributed by atoms with Crippen LogP contribution >= 0.6 is 0 Å². The van der Waals surface area contributed by atoms with Crippen LogP contribution in [0.25, 0.3) is 0 Å². The van der Waals surface area contributed by atoms with E-state index in [1.165, 1.54) is 0 Å². The Morgan fingerprint density at radius 1 is 1.19 bits per heavy atom. The Morgan fingerprint density at radius 2 is 1.81 bits per heavy atom. The molecule has 1 aliphatic rings. The van der Waals surface area contributed by atoms with Gasteiger partial charge in [0.1, 0.15) is 5.54 Å². The normalized spacial score (nSPS) is 22.6. The number of hydrogen-bond acceptors (Lipinski definition) is 2. The molecule has 0 radical (unpaired) electrons. The zero-order valence-electron chi connectivity index (χ0n) is 13.1. The van der Waals surface area contributed by atoms with Gasteiger partial charge in [-0.15, -0.1) is 0 Å².